The van der Waals surface area contributed by atoms with Crippen molar-refractivity contribution in [1.29, 1.82) is 0 Å². The van der Waals surface area contributed by atoms with Crippen molar-refractivity contribution >= 4 is 23.6 Å². The van der Waals surface area contributed by atoms with Gasteiger partial charge in [0.2, 0.25) is 5.75 Å². The molecule has 0 radical (unpaired) electrons. The molecular formula is C75H100N6O11. The van der Waals surface area contributed by atoms with Gasteiger partial charge in [-0.2, -0.15) is 0 Å². The molecule has 1 saturated heterocycles. The van der Waals surface area contributed by atoms with E-state index in [-0.39, 0.29) is 66.8 Å². The van der Waals surface area contributed by atoms with E-state index in [1.807, 2.05) is 25.2 Å². The van der Waals surface area contributed by atoms with Gasteiger partial charge in [0.15, 0.2) is 23.5 Å². The van der Waals surface area contributed by atoms with E-state index in [0.29, 0.717) is 84.1 Å². The normalized spacial score (nSPS) is 28.9. The number of phenolic OH excluding ortho intramolecular Hbond substituents is 1. The van der Waals surface area contributed by atoms with E-state index in [1.54, 1.807) is 24.1 Å². The van der Waals surface area contributed by atoms with Gasteiger partial charge in [-0.3, -0.25) is 19.8 Å². The second kappa shape index (κ2) is 26.9. The van der Waals surface area contributed by atoms with Crippen molar-refractivity contribution in [3.63, 3.8) is 0 Å². The molecule has 9 aliphatic rings. The molecule has 17 nitrogen and oxygen atoms in total. The number of allylic oxidation sites excluding steroid dienone is 1. The number of anilines is 1. The second-order valence-electron chi connectivity index (χ2n) is 28.5. The quantitative estimate of drug-likeness (QED) is 0.0235. The fourth-order valence-corrected chi connectivity index (χ4v) is 19.2. The summed E-state index contributed by atoms with van der Waals surface area (Å²) in [4.78, 5) is 30.3. The molecule has 9 N–H and O–H groups in total. The summed E-state index contributed by atoms with van der Waals surface area (Å²) in [6.45, 7) is 10.1. The summed E-state index contributed by atoms with van der Waals surface area (Å²) >= 11 is 0. The zero-order valence-electron chi connectivity index (χ0n) is 55.1. The number of fused-ring (bicyclic) bond motifs is 6. The van der Waals surface area contributed by atoms with Crippen LogP contribution in [0, 0.1) is 35.5 Å². The van der Waals surface area contributed by atoms with Crippen LogP contribution < -0.4 is 50.3 Å². The lowest BCUT2D eigenvalue weighted by molar-refractivity contribution is -0.153. The molecular weight excluding hydrogens is 1160 g/mol. The number of amides is 2. The van der Waals surface area contributed by atoms with Crippen molar-refractivity contribution in [3.8, 4) is 45.6 Å². The number of carbonyl (C=O) groups is 2. The Labute approximate surface area is 543 Å². The summed E-state index contributed by atoms with van der Waals surface area (Å²) < 4.78 is 33.9. The molecule has 4 aliphatic heterocycles. The van der Waals surface area contributed by atoms with Gasteiger partial charge in [0.05, 0.1) is 44.1 Å². The second-order valence-corrected chi connectivity index (χ2v) is 28.5. The van der Waals surface area contributed by atoms with E-state index in [9.17, 15) is 30.0 Å². The van der Waals surface area contributed by atoms with Gasteiger partial charge in [-0.1, -0.05) is 82.4 Å². The number of benzene rings is 4. The highest BCUT2D eigenvalue weighted by molar-refractivity contribution is 6.17. The first-order valence-corrected chi connectivity index (χ1v) is 35.0. The van der Waals surface area contributed by atoms with E-state index in [2.05, 4.69) is 77.7 Å². The lowest BCUT2D eigenvalue weighted by atomic mass is 9.47. The molecule has 4 aromatic rings. The maximum absolute atomic E-state index is 14.4. The number of nitrogens with one attached hydrogen (secondary N) is 5. The number of aliphatic hydroxyl groups excluding tert-OH is 3. The van der Waals surface area contributed by atoms with Crippen molar-refractivity contribution in [2.45, 2.75) is 177 Å². The molecule has 12 atom stereocenters. The van der Waals surface area contributed by atoms with Gasteiger partial charge in [-0.05, 0) is 169 Å². The standard InChI is InChI=1S/C75H100N6O11/c1-7-78-32-27-44(2)19-21-47-16-13-31-75(55(47)25-20-45(3)80-75)92-61-39-59(89-34-33-76-4)51-23-24-52-65-58(79-71(86)68(61)67(51)65)38-60-66(52)69(84)53(43-91-60)48-35-62(88-6)70(85)63(36-48)90-42-50(41-82)74-30-14-18-56(57(74)26-22-46-15-9-10-17-54(46)74)73(28-11-8-12-29-73)81-64(83)37-49(40-77-5)72(81)87/h9-10,15,17,22,26,35-39,44-45,47,50,53,55-57,69,71,76-80,82,84-86H,7-8,11-14,16,18-21,23-25,27-34,40-43H2,1-6H3/t44-,45+,47+,50+,53+,55+,56+,57-,69+,71-,74+,75+/m1/s1. The van der Waals surface area contributed by atoms with E-state index < -0.39 is 40.8 Å². The van der Waals surface area contributed by atoms with E-state index in [4.69, 9.17) is 23.7 Å². The zero-order chi connectivity index (χ0) is 64.1. The number of likely N-dealkylation sites (N-methyl/N-ethyl adjacent to an activating group) is 2. The predicted molar refractivity (Wildman–Crippen MR) is 356 cm³/mol. The Kier molecular flexibility index (Phi) is 18.9. The van der Waals surface area contributed by atoms with Gasteiger partial charge in [-0.15, -0.1) is 0 Å². The maximum atomic E-state index is 14.4. The van der Waals surface area contributed by atoms with Crippen molar-refractivity contribution in [3.05, 3.63) is 105 Å². The Hall–Kier alpha value is -6.18. The molecule has 0 spiro atoms. The van der Waals surface area contributed by atoms with Crippen LogP contribution in [0.4, 0.5) is 5.69 Å². The summed E-state index contributed by atoms with van der Waals surface area (Å²) in [5.41, 5.74) is 7.07. The summed E-state index contributed by atoms with van der Waals surface area (Å²) in [6.07, 6.45) is 20.4. The molecule has 4 aromatic carbocycles. The largest absolute Gasteiger partial charge is 0.502 e. The molecule has 0 aromatic heterocycles. The Balaban J connectivity index is 0.824. The number of rotatable bonds is 24. The third-order valence-corrected chi connectivity index (χ3v) is 23.5. The van der Waals surface area contributed by atoms with Gasteiger partial charge >= 0.3 is 0 Å². The van der Waals surface area contributed by atoms with Crippen LogP contribution in [0.2, 0.25) is 0 Å². The number of ether oxygens (including phenoxy) is 5. The highest BCUT2D eigenvalue weighted by atomic mass is 16.5. The minimum Gasteiger partial charge on any atom is -0.502 e. The minimum absolute atomic E-state index is 0.0221. The molecule has 0 unspecified atom stereocenters. The Morgan fingerprint density at radius 2 is 1.64 bits per heavy atom. The van der Waals surface area contributed by atoms with Crippen molar-refractivity contribution in [2.24, 2.45) is 35.5 Å². The third-order valence-electron chi connectivity index (χ3n) is 23.5. The molecule has 496 valence electrons. The number of methoxy groups -OCH3 is 1. The average molecular weight is 1260 g/mol. The monoisotopic (exact) mass is 1260 g/mol. The SMILES string of the molecule is CCNCC[C@H](C)CC[C@@H]1CCC[C@@]2(Oc3cc(OCCNC)c4c5c3[C@@H](O)Nc3cc6c(c(c3-5)CC4)[C@@H](O)[C@H](c3cc(OC)c(O)c(OC[C@H](CO)[C@]45CCC[C@H](C7(N8C(=O)C=C(CNC)C8=O)CCCCC7)[C@H]4C=Cc4ccccc45)c3)CO6)N[C@@H](C)CC[C@@H]12. The highest BCUT2D eigenvalue weighted by Crippen LogP contribution is 2.62. The van der Waals surface area contributed by atoms with Crippen LogP contribution in [0.3, 0.4) is 0 Å². The fraction of sp³-hybridized carbons (Fsp3) is 0.600. The number of imide groups is 1. The molecule has 2 amide bonds. The van der Waals surface area contributed by atoms with Gasteiger partial charge in [0.1, 0.15) is 23.9 Å². The smallest absolute Gasteiger partial charge is 0.258 e. The first-order chi connectivity index (χ1) is 44.7. The van der Waals surface area contributed by atoms with Gasteiger partial charge in [0.25, 0.3) is 11.8 Å². The van der Waals surface area contributed by atoms with E-state index in [0.717, 1.165) is 141 Å². The molecule has 4 fully saturated rings. The molecule has 3 saturated carbocycles. The van der Waals surface area contributed by atoms with Crippen LogP contribution in [0.1, 0.15) is 181 Å². The fourth-order valence-electron chi connectivity index (χ4n) is 19.2. The Bertz CT molecular complexity index is 3450. The average Bonchev–Trinajstić information content (AvgIpc) is 0.854. The topological polar surface area (TPSA) is 225 Å². The molecule has 5 aliphatic carbocycles. The van der Waals surface area contributed by atoms with Crippen LogP contribution in [0.25, 0.3) is 17.2 Å². The van der Waals surface area contributed by atoms with Crippen LogP contribution in [0.15, 0.2) is 66.3 Å². The first-order valence-electron chi connectivity index (χ1n) is 35.0. The van der Waals surface area contributed by atoms with Crippen LogP contribution >= 0.6 is 0 Å². The number of carbonyl (C=O) groups excluding carboxylic acids is 2. The summed E-state index contributed by atoms with van der Waals surface area (Å²) in [5, 5.41) is 67.0. The number of hydrogen-bond donors (Lipinski definition) is 9. The first kappa shape index (κ1) is 64.5. The van der Waals surface area contributed by atoms with Gasteiger partial charge in [0, 0.05) is 100 Å². The Morgan fingerprint density at radius 3 is 2.43 bits per heavy atom. The third kappa shape index (κ3) is 11.3. The number of piperidine rings is 1. The molecule has 92 heavy (non-hydrogen) atoms. The van der Waals surface area contributed by atoms with Crippen molar-refractivity contribution in [1.82, 2.24) is 26.2 Å². The van der Waals surface area contributed by atoms with Gasteiger partial charge in [-0.25, -0.2) is 0 Å². The maximum Gasteiger partial charge on any atom is 0.258 e. The number of aliphatic hydroxyl groups is 3. The van der Waals surface area contributed by atoms with Crippen LogP contribution in [-0.4, -0.2) is 128 Å². The predicted octanol–water partition coefficient (Wildman–Crippen LogP) is 10.7. The highest BCUT2D eigenvalue weighted by Gasteiger charge is 2.61. The number of phenols is 1. The van der Waals surface area contributed by atoms with Crippen molar-refractivity contribution in [2.75, 3.05) is 79.1 Å². The van der Waals surface area contributed by atoms with E-state index >= 15 is 0 Å². The summed E-state index contributed by atoms with van der Waals surface area (Å²) in [5.74, 6) is 1.60. The number of aromatic hydroxyl groups is 1. The molecule has 13 rings (SSSR count). The Morgan fingerprint density at radius 1 is 0.837 bits per heavy atom. The number of hydrogen-bond acceptors (Lipinski definition) is 16. The summed E-state index contributed by atoms with van der Waals surface area (Å²) in [6, 6.07) is 16.1. The molecule has 0 bridgehead atoms. The lowest BCUT2D eigenvalue weighted by Gasteiger charge is -2.60. The summed E-state index contributed by atoms with van der Waals surface area (Å²) in [7, 11) is 5.21. The van der Waals surface area contributed by atoms with Gasteiger partial charge < -0.3 is 65.4 Å². The van der Waals surface area contributed by atoms with E-state index in [1.165, 1.54) is 32.4 Å². The lowest BCUT2D eigenvalue weighted by Crippen LogP contribution is -2.65. The number of nitrogens with zero attached hydrogens (tertiary/aromatic N) is 1. The van der Waals surface area contributed by atoms with Crippen LogP contribution in [-0.2, 0) is 27.8 Å². The van der Waals surface area contributed by atoms with Crippen molar-refractivity contribution < 1.29 is 53.7 Å². The minimum atomic E-state index is -1.10. The zero-order valence-corrected chi connectivity index (χ0v) is 55.1. The molecule has 17 heteroatoms. The molecule has 4 heterocycles. The van der Waals surface area contributed by atoms with Crippen LogP contribution in [0.5, 0.6) is 34.5 Å².